The fraction of sp³-hybridized carbons (Fsp3) is 0.917. The Hall–Kier alpha value is -0.650. The maximum atomic E-state index is 11.6. The third-order valence-electron chi connectivity index (χ3n) is 2.50. The van der Waals surface area contributed by atoms with Gasteiger partial charge in [0.25, 0.3) is 0 Å². The fourth-order valence-corrected chi connectivity index (χ4v) is 1.50. The fourth-order valence-electron chi connectivity index (χ4n) is 1.50. The summed E-state index contributed by atoms with van der Waals surface area (Å²) >= 11 is 0. The largest absolute Gasteiger partial charge is 0.465 e. The van der Waals surface area contributed by atoms with Crippen LogP contribution in [0.4, 0.5) is 0 Å². The number of nitrogens with one attached hydrogen (secondary N) is 1. The third-order valence-corrected chi connectivity index (χ3v) is 2.50. The number of methoxy groups -OCH3 is 1. The molecular weight excluding hydrogens is 220 g/mol. The number of rotatable bonds is 10. The van der Waals surface area contributed by atoms with E-state index in [0.29, 0.717) is 13.2 Å². The normalized spacial score (nSPS) is 12.8. The van der Waals surface area contributed by atoms with E-state index in [2.05, 4.69) is 10.2 Å². The highest BCUT2D eigenvalue weighted by atomic mass is 16.5. The van der Waals surface area contributed by atoms with Crippen molar-refractivity contribution in [2.45, 2.75) is 26.3 Å². The van der Waals surface area contributed by atoms with Crippen LogP contribution in [0.2, 0.25) is 0 Å². The summed E-state index contributed by atoms with van der Waals surface area (Å²) in [5.74, 6) is -0.158. The summed E-state index contributed by atoms with van der Waals surface area (Å²) in [5, 5.41) is 3.15. The molecule has 1 unspecified atom stereocenters. The molecule has 0 aromatic carbocycles. The minimum Gasteiger partial charge on any atom is -0.465 e. The Morgan fingerprint density at radius 2 is 2.06 bits per heavy atom. The van der Waals surface area contributed by atoms with E-state index in [1.54, 1.807) is 7.11 Å². The first kappa shape index (κ1) is 16.4. The second-order valence-corrected chi connectivity index (χ2v) is 3.95. The van der Waals surface area contributed by atoms with Gasteiger partial charge >= 0.3 is 5.97 Å². The van der Waals surface area contributed by atoms with E-state index in [0.717, 1.165) is 26.1 Å². The van der Waals surface area contributed by atoms with E-state index in [1.165, 1.54) is 0 Å². The zero-order valence-electron chi connectivity index (χ0n) is 11.5. The van der Waals surface area contributed by atoms with E-state index < -0.39 is 0 Å². The van der Waals surface area contributed by atoms with Crippen LogP contribution in [-0.2, 0) is 14.3 Å². The molecular formula is C12H26N2O3. The smallest absolute Gasteiger partial charge is 0.323 e. The van der Waals surface area contributed by atoms with Crippen molar-refractivity contribution < 1.29 is 14.3 Å². The van der Waals surface area contributed by atoms with Gasteiger partial charge in [0, 0.05) is 13.7 Å². The van der Waals surface area contributed by atoms with Gasteiger partial charge in [-0.3, -0.25) is 4.79 Å². The standard InChI is InChI=1S/C12H26N2O3/c1-5-13-11(12(15)17-6-2)7-8-14(3)9-10-16-4/h11,13H,5-10H2,1-4H3. The van der Waals surface area contributed by atoms with Crippen molar-refractivity contribution in [3.05, 3.63) is 0 Å². The van der Waals surface area contributed by atoms with Gasteiger partial charge in [-0.2, -0.15) is 0 Å². The second kappa shape index (κ2) is 10.5. The lowest BCUT2D eigenvalue weighted by atomic mass is 10.2. The molecule has 0 aliphatic rings. The van der Waals surface area contributed by atoms with Gasteiger partial charge in [-0.25, -0.2) is 0 Å². The molecule has 0 spiro atoms. The molecule has 0 aliphatic carbocycles. The van der Waals surface area contributed by atoms with Crippen LogP contribution >= 0.6 is 0 Å². The topological polar surface area (TPSA) is 50.8 Å². The van der Waals surface area contributed by atoms with Crippen molar-refractivity contribution in [2.75, 3.05) is 47.0 Å². The summed E-state index contributed by atoms with van der Waals surface area (Å²) in [6.07, 6.45) is 0.757. The third kappa shape index (κ3) is 8.12. The maximum absolute atomic E-state index is 11.6. The number of nitrogens with zero attached hydrogens (tertiary/aromatic N) is 1. The van der Waals surface area contributed by atoms with E-state index in [1.807, 2.05) is 20.9 Å². The van der Waals surface area contributed by atoms with Gasteiger partial charge in [0.05, 0.1) is 13.2 Å². The molecule has 0 bridgehead atoms. The molecule has 102 valence electrons. The van der Waals surface area contributed by atoms with Crippen LogP contribution in [-0.4, -0.2) is 63.9 Å². The Bertz CT molecular complexity index is 200. The molecule has 0 amide bonds. The summed E-state index contributed by atoms with van der Waals surface area (Å²) in [5.41, 5.74) is 0. The highest BCUT2D eigenvalue weighted by Gasteiger charge is 2.18. The van der Waals surface area contributed by atoms with Gasteiger partial charge in [-0.1, -0.05) is 6.92 Å². The first-order chi connectivity index (χ1) is 8.15. The first-order valence-corrected chi connectivity index (χ1v) is 6.23. The lowest BCUT2D eigenvalue weighted by molar-refractivity contribution is -0.145. The van der Waals surface area contributed by atoms with Crippen molar-refractivity contribution >= 4 is 5.97 Å². The molecule has 0 aliphatic heterocycles. The average Bonchev–Trinajstić information content (AvgIpc) is 2.32. The van der Waals surface area contributed by atoms with Gasteiger partial charge in [-0.15, -0.1) is 0 Å². The minimum absolute atomic E-state index is 0.158. The van der Waals surface area contributed by atoms with Crippen LogP contribution in [0.5, 0.6) is 0 Å². The summed E-state index contributed by atoms with van der Waals surface area (Å²) in [4.78, 5) is 13.8. The van der Waals surface area contributed by atoms with Crippen molar-refractivity contribution in [1.82, 2.24) is 10.2 Å². The van der Waals surface area contributed by atoms with Crippen molar-refractivity contribution in [2.24, 2.45) is 0 Å². The van der Waals surface area contributed by atoms with E-state index in [9.17, 15) is 4.79 Å². The zero-order valence-corrected chi connectivity index (χ0v) is 11.5. The zero-order chi connectivity index (χ0) is 13.1. The molecule has 0 aromatic heterocycles. The number of likely N-dealkylation sites (N-methyl/N-ethyl adjacent to an activating group) is 2. The van der Waals surface area contributed by atoms with Crippen LogP contribution in [0.1, 0.15) is 20.3 Å². The average molecular weight is 246 g/mol. The molecule has 0 heterocycles. The van der Waals surface area contributed by atoms with Gasteiger partial charge in [0.1, 0.15) is 6.04 Å². The van der Waals surface area contributed by atoms with Gasteiger partial charge in [0.15, 0.2) is 0 Å². The molecule has 5 nitrogen and oxygen atoms in total. The molecule has 1 atom stereocenters. The predicted octanol–water partition coefficient (Wildman–Crippen LogP) is 0.496. The van der Waals surface area contributed by atoms with Crippen LogP contribution < -0.4 is 5.32 Å². The monoisotopic (exact) mass is 246 g/mol. The summed E-state index contributed by atoms with van der Waals surface area (Å²) in [6, 6.07) is -0.204. The van der Waals surface area contributed by atoms with Gasteiger partial charge < -0.3 is 19.7 Å². The predicted molar refractivity (Wildman–Crippen MR) is 68.1 cm³/mol. The summed E-state index contributed by atoms with van der Waals surface area (Å²) in [7, 11) is 3.71. The summed E-state index contributed by atoms with van der Waals surface area (Å²) < 4.78 is 10.0. The van der Waals surface area contributed by atoms with Crippen molar-refractivity contribution in [3.63, 3.8) is 0 Å². The molecule has 17 heavy (non-hydrogen) atoms. The molecule has 1 N–H and O–H groups in total. The minimum atomic E-state index is -0.204. The molecule has 0 fully saturated rings. The van der Waals surface area contributed by atoms with E-state index >= 15 is 0 Å². The summed E-state index contributed by atoms with van der Waals surface area (Å²) in [6.45, 7) is 7.44. The van der Waals surface area contributed by atoms with Crippen molar-refractivity contribution in [3.8, 4) is 0 Å². The van der Waals surface area contributed by atoms with E-state index in [-0.39, 0.29) is 12.0 Å². The number of hydrogen-bond donors (Lipinski definition) is 1. The Kier molecular flexibility index (Phi) is 10.1. The number of hydrogen-bond acceptors (Lipinski definition) is 5. The number of carbonyl (C=O) groups is 1. The quantitative estimate of drug-likeness (QED) is 0.569. The molecule has 0 rings (SSSR count). The van der Waals surface area contributed by atoms with E-state index in [4.69, 9.17) is 9.47 Å². The highest BCUT2D eigenvalue weighted by molar-refractivity contribution is 5.75. The second-order valence-electron chi connectivity index (χ2n) is 3.95. The van der Waals surface area contributed by atoms with Crippen LogP contribution in [0.15, 0.2) is 0 Å². The van der Waals surface area contributed by atoms with Crippen molar-refractivity contribution in [1.29, 1.82) is 0 Å². The molecule has 0 aromatic rings. The van der Waals surface area contributed by atoms with Crippen LogP contribution in [0.3, 0.4) is 0 Å². The Morgan fingerprint density at radius 3 is 2.59 bits per heavy atom. The molecule has 0 saturated carbocycles. The highest BCUT2D eigenvalue weighted by Crippen LogP contribution is 1.98. The Labute approximate surface area is 104 Å². The Morgan fingerprint density at radius 1 is 1.35 bits per heavy atom. The lowest BCUT2D eigenvalue weighted by Crippen LogP contribution is -2.40. The van der Waals surface area contributed by atoms with Gasteiger partial charge in [-0.05, 0) is 33.5 Å². The number of carbonyl (C=O) groups excluding carboxylic acids is 1. The molecule has 0 saturated heterocycles. The van der Waals surface area contributed by atoms with Gasteiger partial charge in [0.2, 0.25) is 0 Å². The molecule has 5 heteroatoms. The Balaban J connectivity index is 3.94. The number of esters is 1. The molecule has 0 radical (unpaired) electrons. The SMILES string of the molecule is CCNC(CCN(C)CCOC)C(=O)OCC. The van der Waals surface area contributed by atoms with Crippen LogP contribution in [0.25, 0.3) is 0 Å². The number of ether oxygens (including phenoxy) is 2. The lowest BCUT2D eigenvalue weighted by Gasteiger charge is -2.20. The first-order valence-electron chi connectivity index (χ1n) is 6.23. The van der Waals surface area contributed by atoms with Crippen LogP contribution in [0, 0.1) is 0 Å². The maximum Gasteiger partial charge on any atom is 0.323 e.